The van der Waals surface area contributed by atoms with Crippen LogP contribution in [0.2, 0.25) is 0 Å². The first-order valence-corrected chi connectivity index (χ1v) is 11.5. The van der Waals surface area contributed by atoms with Crippen LogP contribution >= 0.6 is 0 Å². The fraction of sp³-hybridized carbons (Fsp3) is 0.310. The van der Waals surface area contributed by atoms with Gasteiger partial charge in [-0.25, -0.2) is 9.59 Å². The second kappa shape index (κ2) is 11.1. The monoisotopic (exact) mass is 476 g/mol. The molecule has 35 heavy (non-hydrogen) atoms. The lowest BCUT2D eigenvalue weighted by atomic mass is 9.99. The normalized spacial score (nSPS) is 12.6. The quantitative estimate of drug-likeness (QED) is 0.201. The Balaban J connectivity index is 1.98. The number of aryl methyl sites for hydroxylation is 1. The van der Waals surface area contributed by atoms with E-state index < -0.39 is 24.1 Å². The molecule has 0 aliphatic rings. The van der Waals surface area contributed by atoms with Crippen LogP contribution in [0.4, 0.5) is 0 Å². The standard InChI is InChI=1S/C29H32O6/c1-17(2)28(30)34-20(6)15-32-26-22-10-8-9-11-23(22)27(25-14-19(5)12-13-24(25)26)33-16-21(7)35-29(31)18(3)4/h8-14,20-21H,1,3,15-16H2,2,4-7H3. The van der Waals surface area contributed by atoms with E-state index in [2.05, 4.69) is 13.2 Å². The van der Waals surface area contributed by atoms with Gasteiger partial charge in [-0.05, 0) is 40.7 Å². The smallest absolute Gasteiger partial charge is 0.333 e. The fourth-order valence-electron chi connectivity index (χ4n) is 3.56. The Bertz CT molecular complexity index is 1290. The summed E-state index contributed by atoms with van der Waals surface area (Å²) in [5, 5.41) is 3.48. The van der Waals surface area contributed by atoms with Gasteiger partial charge in [0, 0.05) is 32.7 Å². The summed E-state index contributed by atoms with van der Waals surface area (Å²) >= 11 is 0. The summed E-state index contributed by atoms with van der Waals surface area (Å²) in [6, 6.07) is 13.8. The van der Waals surface area contributed by atoms with Crippen LogP contribution in [0.1, 0.15) is 33.3 Å². The maximum atomic E-state index is 11.9. The van der Waals surface area contributed by atoms with E-state index in [1.165, 1.54) is 0 Å². The van der Waals surface area contributed by atoms with Gasteiger partial charge in [0.1, 0.15) is 36.9 Å². The van der Waals surface area contributed by atoms with Gasteiger partial charge in [0.05, 0.1) is 0 Å². The fourth-order valence-corrected chi connectivity index (χ4v) is 3.56. The van der Waals surface area contributed by atoms with Crippen LogP contribution in [0.3, 0.4) is 0 Å². The number of hydrogen-bond donors (Lipinski definition) is 0. The van der Waals surface area contributed by atoms with Crippen molar-refractivity contribution in [3.8, 4) is 11.5 Å². The van der Waals surface area contributed by atoms with E-state index in [0.29, 0.717) is 22.6 Å². The van der Waals surface area contributed by atoms with Gasteiger partial charge in [0.25, 0.3) is 0 Å². The van der Waals surface area contributed by atoms with Gasteiger partial charge >= 0.3 is 11.9 Å². The van der Waals surface area contributed by atoms with Gasteiger partial charge in [-0.3, -0.25) is 0 Å². The number of carbonyl (C=O) groups excluding carboxylic acids is 2. The number of hydrogen-bond acceptors (Lipinski definition) is 6. The molecule has 3 aromatic carbocycles. The number of rotatable bonds is 10. The summed E-state index contributed by atoms with van der Waals surface area (Å²) in [5.41, 5.74) is 1.75. The zero-order chi connectivity index (χ0) is 25.7. The van der Waals surface area contributed by atoms with Crippen molar-refractivity contribution < 1.29 is 28.5 Å². The highest BCUT2D eigenvalue weighted by molar-refractivity contribution is 6.11. The summed E-state index contributed by atoms with van der Waals surface area (Å²) in [4.78, 5) is 23.8. The Kier molecular flexibility index (Phi) is 8.18. The SMILES string of the molecule is C=C(C)C(=O)OC(C)COc1c2ccccc2c(OCC(C)OC(=O)C(=C)C)c2cc(C)ccc12. The molecule has 0 aliphatic heterocycles. The molecule has 6 heteroatoms. The summed E-state index contributed by atoms with van der Waals surface area (Å²) in [7, 11) is 0. The first-order chi connectivity index (χ1) is 16.6. The van der Waals surface area contributed by atoms with Crippen LogP contribution in [-0.4, -0.2) is 37.4 Å². The lowest BCUT2D eigenvalue weighted by Crippen LogP contribution is -2.23. The minimum atomic E-state index is -0.461. The Labute approximate surface area is 206 Å². The van der Waals surface area contributed by atoms with E-state index in [1.54, 1.807) is 27.7 Å². The van der Waals surface area contributed by atoms with E-state index in [1.807, 2.05) is 49.4 Å². The number of carbonyl (C=O) groups is 2. The maximum Gasteiger partial charge on any atom is 0.333 e. The molecule has 0 bridgehead atoms. The van der Waals surface area contributed by atoms with Crippen molar-refractivity contribution in [1.29, 1.82) is 0 Å². The zero-order valence-electron chi connectivity index (χ0n) is 21.0. The van der Waals surface area contributed by atoms with E-state index in [4.69, 9.17) is 18.9 Å². The third kappa shape index (κ3) is 6.21. The van der Waals surface area contributed by atoms with Crippen molar-refractivity contribution in [3.63, 3.8) is 0 Å². The van der Waals surface area contributed by atoms with Crippen LogP contribution in [-0.2, 0) is 19.1 Å². The molecule has 2 atom stereocenters. The largest absolute Gasteiger partial charge is 0.488 e. The van der Waals surface area contributed by atoms with Gasteiger partial charge in [0.15, 0.2) is 0 Å². The van der Waals surface area contributed by atoms with E-state index in [-0.39, 0.29) is 13.2 Å². The number of esters is 2. The molecule has 0 amide bonds. The molecule has 184 valence electrons. The second-order valence-electron chi connectivity index (χ2n) is 8.87. The lowest BCUT2D eigenvalue weighted by molar-refractivity contribution is -0.145. The molecule has 0 aromatic heterocycles. The summed E-state index contributed by atoms with van der Waals surface area (Å²) < 4.78 is 23.2. The topological polar surface area (TPSA) is 71.1 Å². The Morgan fingerprint density at radius 1 is 0.743 bits per heavy atom. The molecule has 3 aromatic rings. The molecule has 0 N–H and O–H groups in total. The van der Waals surface area contributed by atoms with Crippen molar-refractivity contribution in [2.24, 2.45) is 0 Å². The summed E-state index contributed by atoms with van der Waals surface area (Å²) in [6.45, 7) is 16.4. The van der Waals surface area contributed by atoms with Gasteiger partial charge < -0.3 is 18.9 Å². The molecule has 2 unspecified atom stereocenters. The third-order valence-electron chi connectivity index (χ3n) is 5.32. The highest BCUT2D eigenvalue weighted by Crippen LogP contribution is 2.43. The summed E-state index contributed by atoms with van der Waals surface area (Å²) in [6.07, 6.45) is -0.921. The van der Waals surface area contributed by atoms with E-state index in [0.717, 1.165) is 27.1 Å². The Hall–Kier alpha value is -3.80. The van der Waals surface area contributed by atoms with Gasteiger partial charge in [-0.1, -0.05) is 55.1 Å². The van der Waals surface area contributed by atoms with E-state index in [9.17, 15) is 9.59 Å². The lowest BCUT2D eigenvalue weighted by Gasteiger charge is -2.21. The van der Waals surface area contributed by atoms with Crippen LogP contribution in [0.25, 0.3) is 21.5 Å². The molecule has 0 saturated heterocycles. The van der Waals surface area contributed by atoms with Gasteiger partial charge in [-0.15, -0.1) is 0 Å². The molecule has 3 rings (SSSR count). The van der Waals surface area contributed by atoms with E-state index >= 15 is 0 Å². The predicted molar refractivity (Wildman–Crippen MR) is 138 cm³/mol. The number of ether oxygens (including phenoxy) is 4. The Morgan fingerprint density at radius 3 is 1.63 bits per heavy atom. The van der Waals surface area contributed by atoms with Crippen molar-refractivity contribution in [2.75, 3.05) is 13.2 Å². The average Bonchev–Trinajstić information content (AvgIpc) is 2.80. The van der Waals surface area contributed by atoms with Crippen molar-refractivity contribution in [2.45, 2.75) is 46.8 Å². The molecule has 0 aliphatic carbocycles. The molecule has 0 fully saturated rings. The second-order valence-corrected chi connectivity index (χ2v) is 8.87. The van der Waals surface area contributed by atoms with Crippen molar-refractivity contribution in [3.05, 3.63) is 72.3 Å². The number of fused-ring (bicyclic) bond motifs is 2. The average molecular weight is 477 g/mol. The molecule has 0 heterocycles. The molecular formula is C29H32O6. The van der Waals surface area contributed by atoms with Crippen molar-refractivity contribution in [1.82, 2.24) is 0 Å². The third-order valence-corrected chi connectivity index (χ3v) is 5.32. The van der Waals surface area contributed by atoms with Gasteiger partial charge in [0.2, 0.25) is 0 Å². The molecule has 0 radical (unpaired) electrons. The van der Waals surface area contributed by atoms with Gasteiger partial charge in [-0.2, -0.15) is 0 Å². The minimum absolute atomic E-state index is 0.181. The molecule has 0 saturated carbocycles. The van der Waals surface area contributed by atoms with Crippen LogP contribution in [0, 0.1) is 6.92 Å². The highest BCUT2D eigenvalue weighted by atomic mass is 16.6. The predicted octanol–water partition coefficient (Wildman–Crippen LogP) is 6.07. The maximum absolute atomic E-state index is 11.9. The van der Waals surface area contributed by atoms with Crippen LogP contribution in [0.5, 0.6) is 11.5 Å². The summed E-state index contributed by atoms with van der Waals surface area (Å²) in [5.74, 6) is 0.475. The molecule has 0 spiro atoms. The van der Waals surface area contributed by atoms with Crippen molar-refractivity contribution >= 4 is 33.5 Å². The minimum Gasteiger partial charge on any atom is -0.488 e. The Morgan fingerprint density at radius 2 is 1.17 bits per heavy atom. The first-order valence-electron chi connectivity index (χ1n) is 11.5. The molecule has 6 nitrogen and oxygen atoms in total. The molecular weight excluding hydrogens is 444 g/mol. The zero-order valence-corrected chi connectivity index (χ0v) is 21.0. The van der Waals surface area contributed by atoms with Crippen LogP contribution in [0.15, 0.2) is 66.8 Å². The highest BCUT2D eigenvalue weighted by Gasteiger charge is 2.19. The first kappa shape index (κ1) is 25.8. The van der Waals surface area contributed by atoms with Crippen LogP contribution < -0.4 is 9.47 Å². The number of benzene rings is 3.